The SMILES string of the molecule is CCC(C)c1ccc(C(N)C2CCCCCC2)cc1. The third-order valence-corrected chi connectivity index (χ3v) is 4.91. The van der Waals surface area contributed by atoms with Crippen LogP contribution in [0.5, 0.6) is 0 Å². The predicted octanol–water partition coefficient (Wildman–Crippen LogP) is 5.17. The van der Waals surface area contributed by atoms with E-state index in [0.29, 0.717) is 11.8 Å². The van der Waals surface area contributed by atoms with Gasteiger partial charge in [0.15, 0.2) is 0 Å². The van der Waals surface area contributed by atoms with Gasteiger partial charge in [0.2, 0.25) is 0 Å². The zero-order valence-corrected chi connectivity index (χ0v) is 12.6. The molecule has 1 nitrogen and oxygen atoms in total. The van der Waals surface area contributed by atoms with E-state index in [1.807, 2.05) is 0 Å². The van der Waals surface area contributed by atoms with Crippen LogP contribution in [0.1, 0.15) is 81.9 Å². The van der Waals surface area contributed by atoms with Crippen LogP contribution < -0.4 is 5.73 Å². The van der Waals surface area contributed by atoms with Crippen LogP contribution in [-0.2, 0) is 0 Å². The summed E-state index contributed by atoms with van der Waals surface area (Å²) in [5.41, 5.74) is 9.27. The van der Waals surface area contributed by atoms with Crippen LogP contribution in [-0.4, -0.2) is 0 Å². The van der Waals surface area contributed by atoms with Crippen molar-refractivity contribution in [1.29, 1.82) is 0 Å². The fraction of sp³-hybridized carbons (Fsp3) is 0.667. The van der Waals surface area contributed by atoms with Gasteiger partial charge in [0.1, 0.15) is 0 Å². The van der Waals surface area contributed by atoms with E-state index in [4.69, 9.17) is 5.73 Å². The number of hydrogen-bond acceptors (Lipinski definition) is 1. The minimum atomic E-state index is 0.240. The third kappa shape index (κ3) is 3.82. The zero-order valence-electron chi connectivity index (χ0n) is 12.6. The van der Waals surface area contributed by atoms with Gasteiger partial charge in [0, 0.05) is 6.04 Å². The van der Waals surface area contributed by atoms with Crippen LogP contribution in [0.3, 0.4) is 0 Å². The summed E-state index contributed by atoms with van der Waals surface area (Å²) in [5, 5.41) is 0. The minimum absolute atomic E-state index is 0.240. The Morgan fingerprint density at radius 1 is 1.00 bits per heavy atom. The quantitative estimate of drug-likeness (QED) is 0.742. The normalized spacial score (nSPS) is 20.8. The van der Waals surface area contributed by atoms with Crippen molar-refractivity contribution in [1.82, 2.24) is 0 Å². The highest BCUT2D eigenvalue weighted by molar-refractivity contribution is 5.27. The lowest BCUT2D eigenvalue weighted by molar-refractivity contribution is 0.382. The molecule has 19 heavy (non-hydrogen) atoms. The van der Waals surface area contributed by atoms with E-state index in [0.717, 1.165) is 0 Å². The maximum Gasteiger partial charge on any atom is 0.0323 e. The molecule has 106 valence electrons. The molecular formula is C18H29N. The molecule has 1 aliphatic carbocycles. The second-order valence-corrected chi connectivity index (χ2v) is 6.25. The molecule has 1 aliphatic rings. The first kappa shape index (κ1) is 14.6. The minimum Gasteiger partial charge on any atom is -0.324 e. The van der Waals surface area contributed by atoms with Gasteiger partial charge in [-0.1, -0.05) is 63.8 Å². The summed E-state index contributed by atoms with van der Waals surface area (Å²) in [7, 11) is 0. The molecule has 2 atom stereocenters. The summed E-state index contributed by atoms with van der Waals surface area (Å²) in [5.74, 6) is 1.35. The van der Waals surface area contributed by atoms with E-state index >= 15 is 0 Å². The lowest BCUT2D eigenvalue weighted by Gasteiger charge is -2.23. The van der Waals surface area contributed by atoms with Crippen molar-refractivity contribution in [3.63, 3.8) is 0 Å². The van der Waals surface area contributed by atoms with Crippen molar-refractivity contribution < 1.29 is 0 Å². The molecule has 1 aromatic carbocycles. The molecule has 0 saturated heterocycles. The predicted molar refractivity (Wildman–Crippen MR) is 83.3 cm³/mol. The molecule has 1 fully saturated rings. The topological polar surface area (TPSA) is 26.0 Å². The third-order valence-electron chi connectivity index (χ3n) is 4.91. The number of benzene rings is 1. The molecule has 0 amide bonds. The lowest BCUT2D eigenvalue weighted by atomic mass is 9.87. The van der Waals surface area contributed by atoms with E-state index in [1.165, 1.54) is 56.1 Å². The van der Waals surface area contributed by atoms with Crippen molar-refractivity contribution in [2.75, 3.05) is 0 Å². The summed E-state index contributed by atoms with van der Waals surface area (Å²) in [6.45, 7) is 4.54. The first-order chi connectivity index (χ1) is 9.22. The molecule has 0 heterocycles. The summed E-state index contributed by atoms with van der Waals surface area (Å²) in [4.78, 5) is 0. The van der Waals surface area contributed by atoms with Gasteiger partial charge in [-0.2, -0.15) is 0 Å². The lowest BCUT2D eigenvalue weighted by Crippen LogP contribution is -2.21. The van der Waals surface area contributed by atoms with E-state index in [2.05, 4.69) is 38.1 Å². The van der Waals surface area contributed by atoms with Crippen molar-refractivity contribution in [3.05, 3.63) is 35.4 Å². The Hall–Kier alpha value is -0.820. The fourth-order valence-corrected chi connectivity index (χ4v) is 3.22. The van der Waals surface area contributed by atoms with Gasteiger partial charge in [-0.25, -0.2) is 0 Å². The maximum atomic E-state index is 6.50. The second-order valence-electron chi connectivity index (χ2n) is 6.25. The second kappa shape index (κ2) is 7.09. The van der Waals surface area contributed by atoms with Gasteiger partial charge in [-0.3, -0.25) is 0 Å². The molecule has 2 N–H and O–H groups in total. The Bertz CT molecular complexity index is 360. The van der Waals surface area contributed by atoms with Crippen molar-refractivity contribution in [3.8, 4) is 0 Å². The van der Waals surface area contributed by atoms with Crippen LogP contribution in [0.15, 0.2) is 24.3 Å². The van der Waals surface area contributed by atoms with Crippen molar-refractivity contribution >= 4 is 0 Å². The van der Waals surface area contributed by atoms with Gasteiger partial charge >= 0.3 is 0 Å². The molecule has 0 bridgehead atoms. The van der Waals surface area contributed by atoms with Gasteiger partial charge in [0.05, 0.1) is 0 Å². The molecule has 0 radical (unpaired) electrons. The largest absolute Gasteiger partial charge is 0.324 e. The molecule has 1 aromatic rings. The average molecular weight is 259 g/mol. The Morgan fingerprint density at radius 3 is 2.05 bits per heavy atom. The average Bonchev–Trinajstić information content (AvgIpc) is 2.75. The molecule has 0 aliphatic heterocycles. The van der Waals surface area contributed by atoms with Gasteiger partial charge in [-0.15, -0.1) is 0 Å². The van der Waals surface area contributed by atoms with Crippen LogP contribution in [0, 0.1) is 5.92 Å². The molecule has 0 aromatic heterocycles. The van der Waals surface area contributed by atoms with Crippen LogP contribution >= 0.6 is 0 Å². The first-order valence-electron chi connectivity index (χ1n) is 8.07. The molecule has 0 spiro atoms. The monoisotopic (exact) mass is 259 g/mol. The smallest absolute Gasteiger partial charge is 0.0323 e. The highest BCUT2D eigenvalue weighted by Gasteiger charge is 2.20. The Balaban J connectivity index is 2.03. The van der Waals surface area contributed by atoms with Crippen LogP contribution in [0.4, 0.5) is 0 Å². The molecule has 2 unspecified atom stereocenters. The van der Waals surface area contributed by atoms with Crippen LogP contribution in [0.2, 0.25) is 0 Å². The van der Waals surface area contributed by atoms with Gasteiger partial charge in [0.25, 0.3) is 0 Å². The Labute approximate surface area is 118 Å². The molecular weight excluding hydrogens is 230 g/mol. The molecule has 2 rings (SSSR count). The molecule has 1 saturated carbocycles. The first-order valence-corrected chi connectivity index (χ1v) is 8.07. The zero-order chi connectivity index (χ0) is 13.7. The summed E-state index contributed by atoms with van der Waals surface area (Å²) in [6, 6.07) is 9.32. The highest BCUT2D eigenvalue weighted by Crippen LogP contribution is 2.32. The van der Waals surface area contributed by atoms with E-state index in [9.17, 15) is 0 Å². The van der Waals surface area contributed by atoms with E-state index in [1.54, 1.807) is 0 Å². The Kier molecular flexibility index (Phi) is 5.45. The van der Waals surface area contributed by atoms with Gasteiger partial charge in [-0.05, 0) is 42.2 Å². The van der Waals surface area contributed by atoms with Crippen LogP contribution in [0.25, 0.3) is 0 Å². The van der Waals surface area contributed by atoms with Crippen molar-refractivity contribution in [2.45, 2.75) is 70.8 Å². The number of hydrogen-bond donors (Lipinski definition) is 1. The van der Waals surface area contributed by atoms with E-state index in [-0.39, 0.29) is 6.04 Å². The summed E-state index contributed by atoms with van der Waals surface area (Å²) >= 11 is 0. The van der Waals surface area contributed by atoms with Crippen molar-refractivity contribution in [2.24, 2.45) is 11.7 Å². The summed E-state index contributed by atoms with van der Waals surface area (Å²) in [6.07, 6.45) is 9.36. The standard InChI is InChI=1S/C18H29N/c1-3-14(2)15-10-12-17(13-11-15)18(19)16-8-6-4-5-7-9-16/h10-14,16,18H,3-9,19H2,1-2H3. The highest BCUT2D eigenvalue weighted by atomic mass is 14.7. The maximum absolute atomic E-state index is 6.50. The summed E-state index contributed by atoms with van der Waals surface area (Å²) < 4.78 is 0. The fourth-order valence-electron chi connectivity index (χ4n) is 3.22. The Morgan fingerprint density at radius 2 is 1.53 bits per heavy atom. The number of nitrogens with two attached hydrogens (primary N) is 1. The van der Waals surface area contributed by atoms with Gasteiger partial charge < -0.3 is 5.73 Å². The molecule has 1 heteroatoms. The van der Waals surface area contributed by atoms with E-state index < -0.39 is 0 Å². The number of rotatable bonds is 4.